The molecule has 0 saturated carbocycles. The predicted molar refractivity (Wildman–Crippen MR) is 50.9 cm³/mol. The molecule has 6 heteroatoms. The zero-order valence-corrected chi connectivity index (χ0v) is 8.07. The Hall–Kier alpha value is -1.30. The molecular formula is C8H7F2NO2S. The van der Waals surface area contributed by atoms with Gasteiger partial charge in [0.05, 0.1) is 12.8 Å². The molecular weight excluding hydrogens is 212 g/mol. The number of benzene rings is 1. The van der Waals surface area contributed by atoms with Crippen LogP contribution in [0, 0.1) is 11.6 Å². The van der Waals surface area contributed by atoms with Crippen molar-refractivity contribution in [2.24, 2.45) is 0 Å². The monoisotopic (exact) mass is 219 g/mol. The molecule has 0 aliphatic carbocycles. The van der Waals surface area contributed by atoms with E-state index in [4.69, 9.17) is 0 Å². The molecule has 0 saturated heterocycles. The first-order valence-corrected chi connectivity index (χ1v) is 4.02. The Balaban J connectivity index is 3.08. The first kappa shape index (κ1) is 10.8. The lowest BCUT2D eigenvalue weighted by atomic mass is 10.2. The summed E-state index contributed by atoms with van der Waals surface area (Å²) in [6.07, 6.45) is 0. The fourth-order valence-electron chi connectivity index (χ4n) is 0.896. The maximum Gasteiger partial charge on any atom is 0.280 e. The van der Waals surface area contributed by atoms with Crippen LogP contribution < -0.4 is 10.1 Å². The van der Waals surface area contributed by atoms with Crippen LogP contribution in [0.3, 0.4) is 0 Å². The van der Waals surface area contributed by atoms with Crippen molar-refractivity contribution in [3.8, 4) is 5.75 Å². The number of halogens is 2. The van der Waals surface area contributed by atoms with Gasteiger partial charge in [0.25, 0.3) is 5.24 Å². The van der Waals surface area contributed by atoms with E-state index >= 15 is 0 Å². The van der Waals surface area contributed by atoms with E-state index in [2.05, 4.69) is 17.4 Å². The Labute approximate surface area is 84.5 Å². The van der Waals surface area contributed by atoms with Crippen LogP contribution in [0.5, 0.6) is 5.75 Å². The Morgan fingerprint density at radius 1 is 1.43 bits per heavy atom. The van der Waals surface area contributed by atoms with Gasteiger partial charge >= 0.3 is 0 Å². The predicted octanol–water partition coefficient (Wildman–Crippen LogP) is 2.44. The van der Waals surface area contributed by atoms with Gasteiger partial charge in [0.2, 0.25) is 0 Å². The second kappa shape index (κ2) is 4.28. The largest absolute Gasteiger partial charge is 0.494 e. The Kier molecular flexibility index (Phi) is 3.29. The number of nitrogens with one attached hydrogen (secondary N) is 1. The molecule has 3 nitrogen and oxygen atoms in total. The summed E-state index contributed by atoms with van der Waals surface area (Å²) in [5.41, 5.74) is -0.275. The average Bonchev–Trinajstić information content (AvgIpc) is 2.10. The topological polar surface area (TPSA) is 38.3 Å². The second-order valence-electron chi connectivity index (χ2n) is 2.40. The van der Waals surface area contributed by atoms with Crippen LogP contribution in [0.25, 0.3) is 0 Å². The minimum Gasteiger partial charge on any atom is -0.494 e. The van der Waals surface area contributed by atoms with E-state index in [9.17, 15) is 13.6 Å². The van der Waals surface area contributed by atoms with E-state index in [1.165, 1.54) is 7.11 Å². The van der Waals surface area contributed by atoms with Crippen molar-refractivity contribution in [2.45, 2.75) is 0 Å². The van der Waals surface area contributed by atoms with E-state index in [-0.39, 0.29) is 11.4 Å². The van der Waals surface area contributed by atoms with E-state index in [0.29, 0.717) is 0 Å². The second-order valence-corrected chi connectivity index (χ2v) is 2.80. The Morgan fingerprint density at radius 3 is 2.57 bits per heavy atom. The summed E-state index contributed by atoms with van der Waals surface area (Å²) in [4.78, 5) is 10.5. The quantitative estimate of drug-likeness (QED) is 0.750. The highest BCUT2D eigenvalue weighted by Gasteiger charge is 2.10. The van der Waals surface area contributed by atoms with Gasteiger partial charge in [-0.3, -0.25) is 4.79 Å². The first-order valence-electron chi connectivity index (χ1n) is 3.57. The summed E-state index contributed by atoms with van der Waals surface area (Å²) in [6, 6.07) is 1.66. The number of methoxy groups -OCH3 is 1. The number of thiol groups is 1. The van der Waals surface area contributed by atoms with Crippen LogP contribution in [0.2, 0.25) is 0 Å². The van der Waals surface area contributed by atoms with Gasteiger partial charge in [0, 0.05) is 12.1 Å². The van der Waals surface area contributed by atoms with E-state index < -0.39 is 16.9 Å². The third-order valence-corrected chi connectivity index (χ3v) is 1.59. The van der Waals surface area contributed by atoms with Crippen LogP contribution >= 0.6 is 12.6 Å². The van der Waals surface area contributed by atoms with E-state index in [1.807, 2.05) is 5.32 Å². The first-order chi connectivity index (χ1) is 6.54. The molecule has 76 valence electrons. The lowest BCUT2D eigenvalue weighted by molar-refractivity contribution is 0.270. The lowest BCUT2D eigenvalue weighted by Crippen LogP contribution is -2.04. The van der Waals surface area contributed by atoms with Crippen LogP contribution in [-0.4, -0.2) is 12.3 Å². The van der Waals surface area contributed by atoms with Crippen molar-refractivity contribution in [3.63, 3.8) is 0 Å². The summed E-state index contributed by atoms with van der Waals surface area (Å²) < 4.78 is 30.6. The molecule has 0 aromatic heterocycles. The van der Waals surface area contributed by atoms with Crippen LogP contribution in [0.1, 0.15) is 0 Å². The number of hydrogen-bond acceptors (Lipinski definition) is 2. The fourth-order valence-corrected chi connectivity index (χ4v) is 1.02. The van der Waals surface area contributed by atoms with Gasteiger partial charge in [-0.25, -0.2) is 8.78 Å². The number of ether oxygens (including phenoxy) is 1. The molecule has 1 rings (SSSR count). The maximum atomic E-state index is 13.1. The molecule has 0 spiro atoms. The van der Waals surface area contributed by atoms with Gasteiger partial charge in [-0.1, -0.05) is 12.6 Å². The molecule has 0 radical (unpaired) electrons. The summed E-state index contributed by atoms with van der Waals surface area (Å²) >= 11 is 3.37. The molecule has 1 amide bonds. The van der Waals surface area contributed by atoms with Crippen molar-refractivity contribution in [2.75, 3.05) is 12.4 Å². The number of carbonyl (C=O) groups excluding carboxylic acids is 1. The highest BCUT2D eigenvalue weighted by molar-refractivity contribution is 7.96. The van der Waals surface area contributed by atoms with Crippen molar-refractivity contribution in [1.29, 1.82) is 0 Å². The minimum absolute atomic E-state index is 0.223. The van der Waals surface area contributed by atoms with Gasteiger partial charge in [-0.2, -0.15) is 0 Å². The summed E-state index contributed by atoms with van der Waals surface area (Å²) in [6.45, 7) is 0. The molecule has 0 unspecified atom stereocenters. The third kappa shape index (κ3) is 2.35. The molecule has 0 bridgehead atoms. The number of anilines is 1. The molecule has 14 heavy (non-hydrogen) atoms. The molecule has 0 atom stereocenters. The highest BCUT2D eigenvalue weighted by atomic mass is 32.1. The number of amides is 1. The van der Waals surface area contributed by atoms with Crippen LogP contribution in [0.15, 0.2) is 12.1 Å². The minimum atomic E-state index is -0.786. The summed E-state index contributed by atoms with van der Waals surface area (Å²) in [7, 11) is 1.22. The zero-order chi connectivity index (χ0) is 10.7. The number of carbonyl (C=O) groups is 1. The van der Waals surface area contributed by atoms with Crippen LogP contribution in [0.4, 0.5) is 19.3 Å². The van der Waals surface area contributed by atoms with E-state index in [0.717, 1.165) is 12.1 Å². The Bertz CT molecular complexity index is 371. The van der Waals surface area contributed by atoms with Gasteiger partial charge in [0.1, 0.15) is 0 Å². The molecule has 0 aliphatic heterocycles. The van der Waals surface area contributed by atoms with Crippen molar-refractivity contribution >= 4 is 23.6 Å². The molecule has 1 aromatic rings. The zero-order valence-electron chi connectivity index (χ0n) is 7.17. The van der Waals surface area contributed by atoms with Crippen molar-refractivity contribution in [3.05, 3.63) is 23.8 Å². The normalized spacial score (nSPS) is 9.71. The SMILES string of the molecule is COc1cc(F)c(NC(=O)S)cc1F. The van der Waals surface area contributed by atoms with Gasteiger partial charge in [0.15, 0.2) is 17.4 Å². The smallest absolute Gasteiger partial charge is 0.280 e. The van der Waals surface area contributed by atoms with Crippen LogP contribution in [-0.2, 0) is 0 Å². The highest BCUT2D eigenvalue weighted by Crippen LogP contribution is 2.24. The van der Waals surface area contributed by atoms with Gasteiger partial charge in [-0.05, 0) is 0 Å². The standard InChI is InChI=1S/C8H7F2NO2S/c1-13-7-3-4(9)6(2-5(7)10)11-8(12)14/h2-3H,1H3,(H2,11,12,14). The Morgan fingerprint density at radius 2 is 2.07 bits per heavy atom. The van der Waals surface area contributed by atoms with E-state index in [1.54, 1.807) is 0 Å². The molecule has 1 aromatic carbocycles. The van der Waals surface area contributed by atoms with Gasteiger partial charge in [-0.15, -0.1) is 0 Å². The fraction of sp³-hybridized carbons (Fsp3) is 0.125. The molecule has 1 N–H and O–H groups in total. The van der Waals surface area contributed by atoms with Crippen molar-refractivity contribution < 1.29 is 18.3 Å². The third-order valence-electron chi connectivity index (χ3n) is 1.48. The van der Waals surface area contributed by atoms with Crippen molar-refractivity contribution in [1.82, 2.24) is 0 Å². The number of rotatable bonds is 2. The summed E-state index contributed by atoms with van der Waals surface area (Å²) in [5.74, 6) is -1.77. The maximum absolute atomic E-state index is 13.1. The van der Waals surface area contributed by atoms with Gasteiger partial charge < -0.3 is 10.1 Å². The lowest BCUT2D eigenvalue weighted by Gasteiger charge is -2.06. The molecule has 0 fully saturated rings. The molecule has 0 aliphatic rings. The molecule has 0 heterocycles. The summed E-state index contributed by atoms with van der Waals surface area (Å²) in [5, 5.41) is 1.25. The number of hydrogen-bond donors (Lipinski definition) is 2. The average molecular weight is 219 g/mol.